The van der Waals surface area contributed by atoms with Crippen molar-refractivity contribution in [3.05, 3.63) is 23.7 Å². The van der Waals surface area contributed by atoms with Crippen molar-refractivity contribution in [2.24, 2.45) is 5.92 Å². The van der Waals surface area contributed by atoms with Crippen LogP contribution in [0.25, 0.3) is 0 Å². The summed E-state index contributed by atoms with van der Waals surface area (Å²) in [7, 11) is 5.41. The lowest BCUT2D eigenvalue weighted by molar-refractivity contribution is -0.109. The van der Waals surface area contributed by atoms with Crippen LogP contribution < -0.4 is 0 Å². The van der Waals surface area contributed by atoms with Crippen molar-refractivity contribution in [2.75, 3.05) is 0 Å². The number of hydrogen-bond acceptors (Lipinski definition) is 1. The van der Waals surface area contributed by atoms with Crippen LogP contribution in [-0.2, 0) is 4.79 Å². The third kappa shape index (κ3) is 1.56. The van der Waals surface area contributed by atoms with Gasteiger partial charge in [-0.3, -0.25) is 0 Å². The molecule has 44 valence electrons. The lowest BCUT2D eigenvalue weighted by Crippen LogP contribution is -2.00. The molecule has 2 radical (unpaired) electrons. The highest BCUT2D eigenvalue weighted by Crippen LogP contribution is 2.11. The van der Waals surface area contributed by atoms with Crippen molar-refractivity contribution in [3.63, 3.8) is 0 Å². The third-order valence-corrected chi connectivity index (χ3v) is 1.34. The Kier molecular flexibility index (Phi) is 1.88. The Morgan fingerprint density at radius 1 is 1.78 bits per heavy atom. The number of hydrogen-bond donors (Lipinski definition) is 0. The highest BCUT2D eigenvalue weighted by atomic mass is 16.1. The van der Waals surface area contributed by atoms with Gasteiger partial charge in [-0.25, -0.2) is 0 Å². The lowest BCUT2D eigenvalue weighted by Gasteiger charge is -2.06. The monoisotopic (exact) mass is 118 g/mol. The zero-order valence-corrected chi connectivity index (χ0v) is 5.08. The normalized spacial score (nSPS) is 25.3. The molecule has 0 fully saturated rings. The van der Waals surface area contributed by atoms with E-state index in [2.05, 4.69) is 0 Å². The Morgan fingerprint density at radius 3 is 3.00 bits per heavy atom. The minimum atomic E-state index is 0.0531. The summed E-state index contributed by atoms with van der Waals surface area (Å²) < 4.78 is 0. The molecule has 0 aromatic carbocycles. The maximum atomic E-state index is 10.1. The van der Waals surface area contributed by atoms with E-state index in [4.69, 9.17) is 7.85 Å². The van der Waals surface area contributed by atoms with Crippen molar-refractivity contribution >= 4 is 14.1 Å². The molecule has 1 atom stereocenters. The minimum Gasteiger partial charge on any atom is -0.303 e. The molecule has 0 amide bonds. The van der Waals surface area contributed by atoms with Crippen LogP contribution in [0.5, 0.6) is 0 Å². The van der Waals surface area contributed by atoms with Gasteiger partial charge in [0.15, 0.2) is 0 Å². The summed E-state index contributed by atoms with van der Waals surface area (Å²) in [5.74, 6) is 0.0531. The molecule has 0 saturated heterocycles. The average molecular weight is 118 g/mol. The molecule has 0 saturated carbocycles. The number of allylic oxidation sites excluding steroid dienone is 4. The fourth-order valence-corrected chi connectivity index (χ4v) is 0.754. The van der Waals surface area contributed by atoms with Gasteiger partial charge in [-0.1, -0.05) is 18.2 Å². The Balaban J connectivity index is 2.58. The fraction of sp³-hybridized carbons (Fsp3) is 0.286. The highest BCUT2D eigenvalue weighted by Gasteiger charge is 2.02. The van der Waals surface area contributed by atoms with Crippen LogP contribution in [0.4, 0.5) is 0 Å². The molecule has 0 aromatic rings. The zero-order chi connectivity index (χ0) is 6.69. The van der Waals surface area contributed by atoms with Gasteiger partial charge in [0.1, 0.15) is 14.1 Å². The molecule has 0 N–H and O–H groups in total. The molecule has 0 aromatic heterocycles. The highest BCUT2D eigenvalue weighted by molar-refractivity contribution is 6.23. The summed E-state index contributed by atoms with van der Waals surface area (Å²) in [6.45, 7) is 0. The Morgan fingerprint density at radius 2 is 2.56 bits per heavy atom. The van der Waals surface area contributed by atoms with Gasteiger partial charge in [-0.2, -0.15) is 0 Å². The van der Waals surface area contributed by atoms with Crippen molar-refractivity contribution < 1.29 is 4.79 Å². The third-order valence-electron chi connectivity index (χ3n) is 1.34. The molecular formula is C7H7BO. The van der Waals surface area contributed by atoms with E-state index < -0.39 is 0 Å². The van der Waals surface area contributed by atoms with Crippen LogP contribution in [-0.4, -0.2) is 14.1 Å². The van der Waals surface area contributed by atoms with E-state index in [0.717, 1.165) is 18.2 Å². The molecule has 0 aliphatic heterocycles. The molecule has 1 unspecified atom stereocenters. The summed E-state index contributed by atoms with van der Waals surface area (Å²) in [5.41, 5.74) is 0.758. The smallest absolute Gasteiger partial charge is 0.127 e. The molecule has 0 spiro atoms. The number of aldehydes is 1. The second kappa shape index (κ2) is 2.67. The van der Waals surface area contributed by atoms with Gasteiger partial charge in [0.25, 0.3) is 0 Å². The Bertz CT molecular complexity index is 170. The standard InChI is InChI=1S/C7H7BO/c8-7-3-1-6(5-9)2-4-7/h1,3-6H,2H2. The van der Waals surface area contributed by atoms with E-state index in [9.17, 15) is 4.79 Å². The van der Waals surface area contributed by atoms with Crippen LogP contribution in [0.15, 0.2) is 23.7 Å². The first-order valence-electron chi connectivity index (χ1n) is 2.92. The van der Waals surface area contributed by atoms with Gasteiger partial charge in [-0.15, -0.1) is 5.47 Å². The quantitative estimate of drug-likeness (QED) is 0.367. The molecule has 1 aliphatic carbocycles. The van der Waals surface area contributed by atoms with Gasteiger partial charge < -0.3 is 4.79 Å². The van der Waals surface area contributed by atoms with Gasteiger partial charge in [0, 0.05) is 5.92 Å². The summed E-state index contributed by atoms with van der Waals surface area (Å²) in [4.78, 5) is 10.1. The van der Waals surface area contributed by atoms with Crippen LogP contribution in [0, 0.1) is 5.92 Å². The number of rotatable bonds is 1. The lowest BCUT2D eigenvalue weighted by atomic mass is 9.87. The first kappa shape index (κ1) is 6.34. The SMILES string of the molecule is [B]C1=CCC(C=O)C=C1. The van der Waals surface area contributed by atoms with E-state index in [1.54, 1.807) is 6.08 Å². The van der Waals surface area contributed by atoms with Gasteiger partial charge in [0.2, 0.25) is 0 Å². The predicted molar refractivity (Wildman–Crippen MR) is 37.1 cm³/mol. The topological polar surface area (TPSA) is 17.1 Å². The van der Waals surface area contributed by atoms with Crippen LogP contribution in [0.1, 0.15) is 6.42 Å². The van der Waals surface area contributed by atoms with Gasteiger partial charge in [0.05, 0.1) is 0 Å². The second-order valence-corrected chi connectivity index (χ2v) is 2.10. The van der Waals surface area contributed by atoms with E-state index in [1.807, 2.05) is 12.2 Å². The largest absolute Gasteiger partial charge is 0.303 e. The summed E-state index contributed by atoms with van der Waals surface area (Å²) in [6.07, 6.45) is 7.13. The van der Waals surface area contributed by atoms with Crippen LogP contribution in [0.3, 0.4) is 0 Å². The zero-order valence-electron chi connectivity index (χ0n) is 5.08. The molecule has 1 rings (SSSR count). The molecule has 0 bridgehead atoms. The van der Waals surface area contributed by atoms with Crippen molar-refractivity contribution in [2.45, 2.75) is 6.42 Å². The van der Waals surface area contributed by atoms with Crippen molar-refractivity contribution in [1.82, 2.24) is 0 Å². The predicted octanol–water partition coefficient (Wildman–Crippen LogP) is 0.814. The fourth-order valence-electron chi connectivity index (χ4n) is 0.754. The molecule has 1 nitrogen and oxygen atoms in total. The molecular weight excluding hydrogens is 111 g/mol. The van der Waals surface area contributed by atoms with Gasteiger partial charge >= 0.3 is 0 Å². The average Bonchev–Trinajstić information content (AvgIpc) is 1.90. The van der Waals surface area contributed by atoms with Crippen LogP contribution >= 0.6 is 0 Å². The van der Waals surface area contributed by atoms with E-state index in [1.165, 1.54) is 0 Å². The summed E-state index contributed by atoms with van der Waals surface area (Å²) >= 11 is 0. The number of carbonyl (C=O) groups excluding carboxylic acids is 1. The van der Waals surface area contributed by atoms with E-state index in [-0.39, 0.29) is 5.92 Å². The Labute approximate surface area is 55.9 Å². The molecule has 2 heteroatoms. The second-order valence-electron chi connectivity index (χ2n) is 2.10. The molecule has 0 heterocycles. The van der Waals surface area contributed by atoms with E-state index >= 15 is 0 Å². The summed E-state index contributed by atoms with van der Waals surface area (Å²) in [6, 6.07) is 0. The Hall–Kier alpha value is -0.785. The van der Waals surface area contributed by atoms with E-state index in [0.29, 0.717) is 0 Å². The minimum absolute atomic E-state index is 0.0531. The first-order chi connectivity index (χ1) is 4.33. The summed E-state index contributed by atoms with van der Waals surface area (Å²) in [5, 5.41) is 0. The molecule has 1 aliphatic rings. The maximum absolute atomic E-state index is 10.1. The van der Waals surface area contributed by atoms with Crippen molar-refractivity contribution in [3.8, 4) is 0 Å². The van der Waals surface area contributed by atoms with Crippen molar-refractivity contribution in [1.29, 1.82) is 0 Å². The maximum Gasteiger partial charge on any atom is 0.127 e. The molecule has 9 heavy (non-hydrogen) atoms. The number of carbonyl (C=O) groups is 1. The van der Waals surface area contributed by atoms with Gasteiger partial charge in [-0.05, 0) is 6.42 Å². The first-order valence-corrected chi connectivity index (χ1v) is 2.92. The van der Waals surface area contributed by atoms with Crippen LogP contribution in [0.2, 0.25) is 0 Å².